The van der Waals surface area contributed by atoms with Gasteiger partial charge in [0.15, 0.2) is 0 Å². The third kappa shape index (κ3) is 3.45. The number of rotatable bonds is 6. The molecule has 0 aromatic carbocycles. The Morgan fingerprint density at radius 1 is 1.45 bits per heavy atom. The average Bonchev–Trinajstić information content (AvgIpc) is 3.24. The van der Waals surface area contributed by atoms with Gasteiger partial charge < -0.3 is 10.0 Å². The molecule has 2 heterocycles. The summed E-state index contributed by atoms with van der Waals surface area (Å²) in [6, 6.07) is 0. The molecule has 7 nitrogen and oxygen atoms in total. The Morgan fingerprint density at radius 3 is 2.91 bits per heavy atom. The highest BCUT2D eigenvalue weighted by molar-refractivity contribution is 5.76. The van der Waals surface area contributed by atoms with Gasteiger partial charge in [-0.25, -0.2) is 4.68 Å². The fourth-order valence-corrected chi connectivity index (χ4v) is 3.53. The Bertz CT molecular complexity index is 528. The van der Waals surface area contributed by atoms with Crippen molar-refractivity contribution in [2.45, 2.75) is 52.0 Å². The van der Waals surface area contributed by atoms with Gasteiger partial charge in [-0.1, -0.05) is 12.8 Å². The molecule has 2 aliphatic rings. The van der Waals surface area contributed by atoms with E-state index >= 15 is 0 Å². The molecule has 1 N–H and O–H groups in total. The van der Waals surface area contributed by atoms with Crippen molar-refractivity contribution in [2.75, 3.05) is 19.7 Å². The van der Waals surface area contributed by atoms with E-state index in [4.69, 9.17) is 0 Å². The second-order valence-electron chi connectivity index (χ2n) is 6.92. The first-order chi connectivity index (χ1) is 10.6. The summed E-state index contributed by atoms with van der Waals surface area (Å²) in [6.07, 6.45) is 6.08. The first-order valence-electron chi connectivity index (χ1n) is 8.23. The van der Waals surface area contributed by atoms with Crippen molar-refractivity contribution in [1.29, 1.82) is 0 Å². The second kappa shape index (κ2) is 6.32. The van der Waals surface area contributed by atoms with E-state index in [0.717, 1.165) is 37.5 Å². The van der Waals surface area contributed by atoms with Crippen LogP contribution in [0.1, 0.15) is 44.3 Å². The van der Waals surface area contributed by atoms with Crippen LogP contribution < -0.4 is 0 Å². The number of tetrazole rings is 1. The minimum absolute atomic E-state index is 0.0696. The minimum Gasteiger partial charge on any atom is -0.396 e. The summed E-state index contributed by atoms with van der Waals surface area (Å²) in [4.78, 5) is 14.4. The first-order valence-corrected chi connectivity index (χ1v) is 8.23. The number of piperidine rings is 1. The molecule has 1 unspecified atom stereocenters. The van der Waals surface area contributed by atoms with Gasteiger partial charge in [0.25, 0.3) is 0 Å². The van der Waals surface area contributed by atoms with Crippen LogP contribution in [0.4, 0.5) is 0 Å². The zero-order valence-electron chi connectivity index (χ0n) is 13.2. The molecule has 0 bridgehead atoms. The van der Waals surface area contributed by atoms with Gasteiger partial charge in [0.1, 0.15) is 5.82 Å². The number of carbonyl (C=O) groups excluding carboxylic acids is 1. The van der Waals surface area contributed by atoms with Gasteiger partial charge in [-0.05, 0) is 42.5 Å². The van der Waals surface area contributed by atoms with Crippen molar-refractivity contribution in [3.63, 3.8) is 0 Å². The largest absolute Gasteiger partial charge is 0.396 e. The highest BCUT2D eigenvalue weighted by Crippen LogP contribution is 2.44. The summed E-state index contributed by atoms with van der Waals surface area (Å²) in [5, 5.41) is 21.2. The maximum atomic E-state index is 12.5. The Balaban J connectivity index is 1.56. The van der Waals surface area contributed by atoms with Crippen LogP contribution in [0.2, 0.25) is 0 Å². The SMILES string of the molecule is Cc1nnnn1CCC(=O)N1CCCC(CO)(CC2CC2)C1. The smallest absolute Gasteiger partial charge is 0.224 e. The predicted octanol–water partition coefficient (Wildman–Crippen LogP) is 0.773. The lowest BCUT2D eigenvalue weighted by molar-refractivity contribution is -0.136. The van der Waals surface area contributed by atoms with Crippen LogP contribution in [0.15, 0.2) is 0 Å². The van der Waals surface area contributed by atoms with Crippen LogP contribution in [-0.2, 0) is 11.3 Å². The quantitative estimate of drug-likeness (QED) is 0.839. The average molecular weight is 307 g/mol. The number of hydrogen-bond donors (Lipinski definition) is 1. The standard InChI is InChI=1S/C15H25N5O2/c1-12-16-17-18-20(12)8-5-14(22)19-7-2-6-15(10-19,11-21)9-13-3-4-13/h13,21H,2-11H2,1H3. The van der Waals surface area contributed by atoms with Gasteiger partial charge in [0.05, 0.1) is 13.2 Å². The van der Waals surface area contributed by atoms with Crippen LogP contribution in [0.5, 0.6) is 0 Å². The molecule has 0 radical (unpaired) electrons. The van der Waals surface area contributed by atoms with Crippen molar-refractivity contribution in [3.05, 3.63) is 5.82 Å². The van der Waals surface area contributed by atoms with E-state index < -0.39 is 0 Å². The molecule has 1 aromatic rings. The van der Waals surface area contributed by atoms with Gasteiger partial charge >= 0.3 is 0 Å². The van der Waals surface area contributed by atoms with E-state index in [-0.39, 0.29) is 17.9 Å². The normalized spacial score (nSPS) is 25.5. The zero-order chi connectivity index (χ0) is 15.6. The van der Waals surface area contributed by atoms with Crippen molar-refractivity contribution in [1.82, 2.24) is 25.1 Å². The molecule has 1 aliphatic carbocycles. The summed E-state index contributed by atoms with van der Waals surface area (Å²) in [6.45, 7) is 4.05. The molecular formula is C15H25N5O2. The highest BCUT2D eigenvalue weighted by Gasteiger charge is 2.40. The Labute approximate surface area is 130 Å². The predicted molar refractivity (Wildman–Crippen MR) is 79.8 cm³/mol. The molecule has 2 fully saturated rings. The third-order valence-corrected chi connectivity index (χ3v) is 5.02. The Hall–Kier alpha value is -1.50. The Morgan fingerprint density at radius 2 is 2.27 bits per heavy atom. The van der Waals surface area contributed by atoms with Crippen molar-refractivity contribution in [3.8, 4) is 0 Å². The van der Waals surface area contributed by atoms with Crippen LogP contribution in [0.3, 0.4) is 0 Å². The molecule has 1 aromatic heterocycles. The second-order valence-corrected chi connectivity index (χ2v) is 6.92. The molecule has 22 heavy (non-hydrogen) atoms. The molecule has 122 valence electrons. The number of aliphatic hydroxyl groups excluding tert-OH is 1. The van der Waals surface area contributed by atoms with Gasteiger partial charge in [0, 0.05) is 24.9 Å². The molecule has 0 spiro atoms. The minimum atomic E-state index is -0.0696. The number of aromatic nitrogens is 4. The fourth-order valence-electron chi connectivity index (χ4n) is 3.53. The third-order valence-electron chi connectivity index (χ3n) is 5.02. The van der Waals surface area contributed by atoms with E-state index in [9.17, 15) is 9.90 Å². The van der Waals surface area contributed by atoms with E-state index in [1.807, 2.05) is 11.8 Å². The summed E-state index contributed by atoms with van der Waals surface area (Å²) < 4.78 is 1.66. The molecule has 1 amide bonds. The van der Waals surface area contributed by atoms with Gasteiger partial charge in [-0.15, -0.1) is 5.10 Å². The first kappa shape index (κ1) is 15.4. The number of hydrogen-bond acceptors (Lipinski definition) is 5. The van der Waals surface area contributed by atoms with Gasteiger partial charge in [-0.2, -0.15) is 0 Å². The van der Waals surface area contributed by atoms with Crippen molar-refractivity contribution < 1.29 is 9.90 Å². The van der Waals surface area contributed by atoms with E-state index in [1.165, 1.54) is 12.8 Å². The maximum absolute atomic E-state index is 12.5. The highest BCUT2D eigenvalue weighted by atomic mass is 16.3. The zero-order valence-corrected chi connectivity index (χ0v) is 13.2. The topological polar surface area (TPSA) is 84.1 Å². The van der Waals surface area contributed by atoms with Crippen LogP contribution in [-0.4, -0.2) is 55.8 Å². The van der Waals surface area contributed by atoms with Crippen LogP contribution in [0, 0.1) is 18.3 Å². The number of aryl methyl sites for hydroxylation is 2. The van der Waals surface area contributed by atoms with Gasteiger partial charge in [-0.3, -0.25) is 4.79 Å². The number of carbonyl (C=O) groups is 1. The van der Waals surface area contributed by atoms with E-state index in [1.54, 1.807) is 4.68 Å². The lowest BCUT2D eigenvalue weighted by Crippen LogP contribution is -2.48. The lowest BCUT2D eigenvalue weighted by atomic mass is 9.76. The fraction of sp³-hybridized carbons (Fsp3) is 0.867. The summed E-state index contributed by atoms with van der Waals surface area (Å²) in [5.74, 6) is 1.64. The molecule has 1 atom stereocenters. The molecule has 1 aliphatic heterocycles. The number of amides is 1. The lowest BCUT2D eigenvalue weighted by Gasteiger charge is -2.42. The van der Waals surface area contributed by atoms with E-state index in [2.05, 4.69) is 15.5 Å². The molecular weight excluding hydrogens is 282 g/mol. The van der Waals surface area contributed by atoms with Crippen molar-refractivity contribution >= 4 is 5.91 Å². The summed E-state index contributed by atoms with van der Waals surface area (Å²) in [5.41, 5.74) is -0.0696. The van der Waals surface area contributed by atoms with Crippen molar-refractivity contribution in [2.24, 2.45) is 11.3 Å². The number of aliphatic hydroxyl groups is 1. The van der Waals surface area contributed by atoms with Crippen LogP contribution >= 0.6 is 0 Å². The number of likely N-dealkylation sites (tertiary alicyclic amines) is 1. The summed E-state index contributed by atoms with van der Waals surface area (Å²) >= 11 is 0. The molecule has 1 saturated heterocycles. The Kier molecular flexibility index (Phi) is 4.42. The summed E-state index contributed by atoms with van der Waals surface area (Å²) in [7, 11) is 0. The maximum Gasteiger partial charge on any atom is 0.224 e. The van der Waals surface area contributed by atoms with Crippen LogP contribution in [0.25, 0.3) is 0 Å². The van der Waals surface area contributed by atoms with Gasteiger partial charge in [0.2, 0.25) is 5.91 Å². The monoisotopic (exact) mass is 307 g/mol. The molecule has 1 saturated carbocycles. The molecule has 3 rings (SSSR count). The molecule has 7 heteroatoms. The van der Waals surface area contributed by atoms with E-state index in [0.29, 0.717) is 19.5 Å². The number of nitrogens with zero attached hydrogens (tertiary/aromatic N) is 5.